The van der Waals surface area contributed by atoms with Gasteiger partial charge in [-0.2, -0.15) is 0 Å². The Morgan fingerprint density at radius 3 is 2.82 bits per heavy atom. The normalized spacial score (nSPS) is 11.4. The van der Waals surface area contributed by atoms with Gasteiger partial charge in [-0.05, 0) is 24.6 Å². The van der Waals surface area contributed by atoms with E-state index < -0.39 is 10.0 Å². The average molecular weight is 290 g/mol. The van der Waals surface area contributed by atoms with Crippen molar-refractivity contribution in [3.63, 3.8) is 0 Å². The van der Waals surface area contributed by atoms with Crippen molar-refractivity contribution in [3.8, 4) is 0 Å². The summed E-state index contributed by atoms with van der Waals surface area (Å²) in [4.78, 5) is 0.139. The van der Waals surface area contributed by atoms with E-state index in [9.17, 15) is 8.42 Å². The van der Waals surface area contributed by atoms with Gasteiger partial charge in [0.2, 0.25) is 5.13 Å². The Balaban J connectivity index is 2.42. The number of sulfonamides is 1. The van der Waals surface area contributed by atoms with Crippen molar-refractivity contribution in [1.29, 1.82) is 0 Å². The van der Waals surface area contributed by atoms with Gasteiger partial charge in [0.25, 0.3) is 10.0 Å². The molecule has 0 bridgehead atoms. The van der Waals surface area contributed by atoms with Crippen molar-refractivity contribution in [2.24, 2.45) is 0 Å². The second-order valence-electron chi connectivity index (χ2n) is 3.21. The lowest BCUT2D eigenvalue weighted by Gasteiger charge is -2.08. The van der Waals surface area contributed by atoms with Crippen molar-refractivity contribution in [3.05, 3.63) is 34.3 Å². The summed E-state index contributed by atoms with van der Waals surface area (Å²) in [5, 5.41) is 7.81. The first kappa shape index (κ1) is 12.3. The lowest BCUT2D eigenvalue weighted by molar-refractivity contribution is 0.600. The van der Waals surface area contributed by atoms with E-state index in [1.165, 1.54) is 11.6 Å². The Kier molecular flexibility index (Phi) is 3.32. The zero-order valence-electron chi connectivity index (χ0n) is 8.71. The van der Waals surface area contributed by atoms with Crippen LogP contribution in [0.4, 0.5) is 5.13 Å². The summed E-state index contributed by atoms with van der Waals surface area (Å²) in [6.45, 7) is 1.65. The van der Waals surface area contributed by atoms with E-state index in [1.807, 2.05) is 0 Å². The minimum absolute atomic E-state index is 0.139. The minimum atomic E-state index is -3.66. The van der Waals surface area contributed by atoms with Crippen LogP contribution in [0.3, 0.4) is 0 Å². The summed E-state index contributed by atoms with van der Waals surface area (Å²) < 4.78 is 26.4. The number of halogens is 1. The number of anilines is 1. The molecule has 1 aromatic carbocycles. The van der Waals surface area contributed by atoms with Crippen LogP contribution in [0.5, 0.6) is 0 Å². The average Bonchev–Trinajstić information content (AvgIpc) is 2.73. The molecule has 0 fully saturated rings. The number of rotatable bonds is 3. The predicted molar refractivity (Wildman–Crippen MR) is 66.9 cm³/mol. The Labute approximate surface area is 108 Å². The number of aromatic nitrogens is 2. The molecule has 1 heterocycles. The molecular formula is C9H8ClN3O2S2. The molecule has 1 N–H and O–H groups in total. The molecule has 0 aliphatic heterocycles. The third kappa shape index (κ3) is 2.56. The number of nitrogens with one attached hydrogen (secondary N) is 1. The molecule has 2 rings (SSSR count). The fraction of sp³-hybridized carbons (Fsp3) is 0.111. The lowest BCUT2D eigenvalue weighted by atomic mass is 10.2. The summed E-state index contributed by atoms with van der Waals surface area (Å²) >= 11 is 6.99. The monoisotopic (exact) mass is 289 g/mol. The highest BCUT2D eigenvalue weighted by Gasteiger charge is 2.19. The topological polar surface area (TPSA) is 72.0 Å². The highest BCUT2D eigenvalue weighted by Crippen LogP contribution is 2.24. The molecule has 0 atom stereocenters. The molecular weight excluding hydrogens is 282 g/mol. The van der Waals surface area contributed by atoms with Gasteiger partial charge in [0, 0.05) is 5.02 Å². The molecule has 5 nitrogen and oxygen atoms in total. The fourth-order valence-electron chi connectivity index (χ4n) is 1.27. The standard InChI is InChI=1S/C9H8ClN3O2S2/c1-6-7(10)3-2-4-8(6)17(14,15)13-9-12-11-5-16-9/h2-5H,1H3,(H,12,13). The molecule has 0 saturated carbocycles. The second kappa shape index (κ2) is 4.59. The Morgan fingerprint density at radius 1 is 1.41 bits per heavy atom. The first-order valence-corrected chi connectivity index (χ1v) is 7.29. The molecule has 1 aromatic heterocycles. The van der Waals surface area contributed by atoms with Gasteiger partial charge < -0.3 is 0 Å². The van der Waals surface area contributed by atoms with E-state index in [0.29, 0.717) is 10.6 Å². The van der Waals surface area contributed by atoms with Crippen molar-refractivity contribution in [2.75, 3.05) is 4.72 Å². The SMILES string of the molecule is Cc1c(Cl)cccc1S(=O)(=O)Nc1nncs1. The molecule has 2 aromatic rings. The molecule has 0 amide bonds. The van der Waals surface area contributed by atoms with E-state index in [2.05, 4.69) is 14.9 Å². The largest absolute Gasteiger partial charge is 0.264 e. The highest BCUT2D eigenvalue weighted by atomic mass is 35.5. The number of benzene rings is 1. The van der Waals surface area contributed by atoms with E-state index in [4.69, 9.17) is 11.6 Å². The molecule has 8 heteroatoms. The van der Waals surface area contributed by atoms with E-state index in [-0.39, 0.29) is 10.0 Å². The highest BCUT2D eigenvalue weighted by molar-refractivity contribution is 7.93. The van der Waals surface area contributed by atoms with Crippen LogP contribution in [-0.4, -0.2) is 18.6 Å². The van der Waals surface area contributed by atoms with Crippen molar-refractivity contribution in [1.82, 2.24) is 10.2 Å². The lowest BCUT2D eigenvalue weighted by Crippen LogP contribution is -2.14. The Morgan fingerprint density at radius 2 is 2.18 bits per heavy atom. The molecule has 0 radical (unpaired) electrons. The third-order valence-electron chi connectivity index (χ3n) is 2.09. The van der Waals surface area contributed by atoms with Crippen LogP contribution >= 0.6 is 22.9 Å². The summed E-state index contributed by atoms with van der Waals surface area (Å²) in [7, 11) is -3.66. The Hall–Kier alpha value is -1.18. The van der Waals surface area contributed by atoms with Crippen LogP contribution in [0, 0.1) is 6.92 Å². The fourth-order valence-corrected chi connectivity index (χ4v) is 3.46. The van der Waals surface area contributed by atoms with Crippen molar-refractivity contribution < 1.29 is 8.42 Å². The van der Waals surface area contributed by atoms with Crippen LogP contribution in [0.1, 0.15) is 5.56 Å². The van der Waals surface area contributed by atoms with Gasteiger partial charge in [-0.25, -0.2) is 8.42 Å². The predicted octanol–water partition coefficient (Wildman–Crippen LogP) is 2.30. The quantitative estimate of drug-likeness (QED) is 0.941. The maximum atomic E-state index is 12.0. The second-order valence-corrected chi connectivity index (χ2v) is 6.10. The van der Waals surface area contributed by atoms with Crippen LogP contribution < -0.4 is 4.72 Å². The van der Waals surface area contributed by atoms with Crippen molar-refractivity contribution in [2.45, 2.75) is 11.8 Å². The van der Waals surface area contributed by atoms with E-state index in [0.717, 1.165) is 11.3 Å². The molecule has 0 saturated heterocycles. The van der Waals surface area contributed by atoms with Crippen LogP contribution in [-0.2, 0) is 10.0 Å². The van der Waals surface area contributed by atoms with Gasteiger partial charge in [-0.1, -0.05) is 29.0 Å². The molecule has 90 valence electrons. The smallest absolute Gasteiger partial charge is 0.253 e. The first-order chi connectivity index (χ1) is 8.00. The van der Waals surface area contributed by atoms with Gasteiger partial charge in [-0.15, -0.1) is 10.2 Å². The number of hydrogen-bond acceptors (Lipinski definition) is 5. The molecule has 17 heavy (non-hydrogen) atoms. The van der Waals surface area contributed by atoms with Gasteiger partial charge in [0.1, 0.15) is 5.51 Å². The van der Waals surface area contributed by atoms with E-state index >= 15 is 0 Å². The summed E-state index contributed by atoms with van der Waals surface area (Å²) in [5.41, 5.74) is 1.95. The minimum Gasteiger partial charge on any atom is -0.253 e. The van der Waals surface area contributed by atoms with Crippen molar-refractivity contribution >= 4 is 38.1 Å². The van der Waals surface area contributed by atoms with Gasteiger partial charge >= 0.3 is 0 Å². The van der Waals surface area contributed by atoms with Crippen LogP contribution in [0.2, 0.25) is 5.02 Å². The number of hydrogen-bond donors (Lipinski definition) is 1. The summed E-state index contributed by atoms with van der Waals surface area (Å²) in [5.74, 6) is 0. The Bertz CT molecular complexity index is 626. The van der Waals surface area contributed by atoms with Crippen LogP contribution in [0.25, 0.3) is 0 Å². The zero-order chi connectivity index (χ0) is 12.5. The van der Waals surface area contributed by atoms with Crippen LogP contribution in [0.15, 0.2) is 28.6 Å². The van der Waals surface area contributed by atoms with Gasteiger partial charge in [-0.3, -0.25) is 4.72 Å². The number of nitrogens with zero attached hydrogens (tertiary/aromatic N) is 2. The maximum absolute atomic E-state index is 12.0. The maximum Gasteiger partial charge on any atom is 0.264 e. The first-order valence-electron chi connectivity index (χ1n) is 4.55. The van der Waals surface area contributed by atoms with Gasteiger partial charge in [0.05, 0.1) is 4.90 Å². The molecule has 0 aliphatic rings. The third-order valence-corrected chi connectivity index (χ3v) is 4.72. The van der Waals surface area contributed by atoms with E-state index in [1.54, 1.807) is 19.1 Å². The zero-order valence-corrected chi connectivity index (χ0v) is 11.1. The molecule has 0 spiro atoms. The van der Waals surface area contributed by atoms with Gasteiger partial charge in [0.15, 0.2) is 0 Å². The molecule has 0 unspecified atom stereocenters. The molecule has 0 aliphatic carbocycles. The summed E-state index contributed by atoms with van der Waals surface area (Å²) in [6.07, 6.45) is 0. The summed E-state index contributed by atoms with van der Waals surface area (Å²) in [6, 6.07) is 4.72.